The molecule has 1 fully saturated rings. The minimum Gasteiger partial charge on any atom is -0.347 e. The Bertz CT molecular complexity index is 509. The minimum absolute atomic E-state index is 0.793. The van der Waals surface area contributed by atoms with Crippen molar-refractivity contribution in [3.05, 3.63) is 36.5 Å². The summed E-state index contributed by atoms with van der Waals surface area (Å²) in [5.41, 5.74) is 1.36. The lowest BCUT2D eigenvalue weighted by atomic mass is 9.82. The molecule has 1 aliphatic carbocycles. The molecule has 2 nitrogen and oxygen atoms in total. The summed E-state index contributed by atoms with van der Waals surface area (Å²) in [5, 5.41) is 4.99. The Morgan fingerprint density at radius 2 is 2.06 bits per heavy atom. The van der Waals surface area contributed by atoms with Gasteiger partial charge < -0.3 is 9.88 Å². The first kappa shape index (κ1) is 11.8. The zero-order valence-electron chi connectivity index (χ0n) is 11.1. The largest absolute Gasteiger partial charge is 0.347 e. The maximum atomic E-state index is 3.65. The van der Waals surface area contributed by atoms with Crippen molar-refractivity contribution in [2.24, 2.45) is 5.92 Å². The third-order valence-electron chi connectivity index (χ3n) is 4.06. The molecule has 1 aromatic heterocycles. The van der Waals surface area contributed by atoms with E-state index >= 15 is 0 Å². The maximum Gasteiger partial charge on any atom is 0.0480 e. The number of nitrogens with zero attached hydrogens (tertiary/aromatic N) is 1. The summed E-state index contributed by atoms with van der Waals surface area (Å²) in [6, 6.07) is 11.6. The van der Waals surface area contributed by atoms with Crippen LogP contribution in [-0.4, -0.2) is 17.2 Å². The smallest absolute Gasteiger partial charge is 0.0480 e. The Labute approximate surface area is 109 Å². The molecule has 1 N–H and O–H groups in total. The molecular formula is C16H22N2. The third kappa shape index (κ3) is 2.44. The highest BCUT2D eigenvalue weighted by atomic mass is 15.0. The number of aryl methyl sites for hydroxylation is 1. The monoisotopic (exact) mass is 242 g/mol. The van der Waals surface area contributed by atoms with Crippen LogP contribution >= 0.6 is 0 Å². The highest BCUT2D eigenvalue weighted by molar-refractivity contribution is 5.79. The first-order valence-electron chi connectivity index (χ1n) is 7.10. The fraction of sp³-hybridized carbons (Fsp3) is 0.500. The normalized spacial score (nSPS) is 23.2. The number of para-hydroxylation sites is 1. The third-order valence-corrected chi connectivity index (χ3v) is 4.06. The van der Waals surface area contributed by atoms with Crippen molar-refractivity contribution < 1.29 is 0 Å². The van der Waals surface area contributed by atoms with E-state index in [1.165, 1.54) is 30.2 Å². The molecule has 2 aromatic rings. The van der Waals surface area contributed by atoms with E-state index in [0.717, 1.165) is 25.0 Å². The van der Waals surface area contributed by atoms with Crippen molar-refractivity contribution in [1.29, 1.82) is 0 Å². The second-order valence-corrected chi connectivity index (χ2v) is 5.65. The van der Waals surface area contributed by atoms with E-state index in [1.807, 2.05) is 0 Å². The van der Waals surface area contributed by atoms with Gasteiger partial charge in [0.15, 0.2) is 0 Å². The Hall–Kier alpha value is -1.28. The number of hydrogen-bond acceptors (Lipinski definition) is 1. The van der Waals surface area contributed by atoms with Crippen LogP contribution in [-0.2, 0) is 6.54 Å². The van der Waals surface area contributed by atoms with Gasteiger partial charge in [-0.1, -0.05) is 25.1 Å². The fourth-order valence-electron chi connectivity index (χ4n) is 2.96. The van der Waals surface area contributed by atoms with Gasteiger partial charge in [-0.2, -0.15) is 0 Å². The minimum atomic E-state index is 0.793. The molecule has 0 amide bonds. The van der Waals surface area contributed by atoms with E-state index < -0.39 is 0 Å². The number of aromatic nitrogens is 1. The lowest BCUT2D eigenvalue weighted by Crippen LogP contribution is -2.40. The molecule has 1 saturated carbocycles. The van der Waals surface area contributed by atoms with Crippen molar-refractivity contribution in [2.45, 2.75) is 38.8 Å². The van der Waals surface area contributed by atoms with Gasteiger partial charge in [0.2, 0.25) is 0 Å². The van der Waals surface area contributed by atoms with E-state index in [0.29, 0.717) is 0 Å². The Kier molecular flexibility index (Phi) is 3.37. The van der Waals surface area contributed by atoms with Crippen molar-refractivity contribution >= 4 is 10.9 Å². The van der Waals surface area contributed by atoms with Crippen LogP contribution in [0, 0.1) is 5.92 Å². The fourth-order valence-corrected chi connectivity index (χ4v) is 2.96. The topological polar surface area (TPSA) is 17.0 Å². The summed E-state index contributed by atoms with van der Waals surface area (Å²) < 4.78 is 2.36. The predicted molar refractivity (Wildman–Crippen MR) is 76.7 cm³/mol. The molecule has 1 aromatic carbocycles. The second kappa shape index (κ2) is 5.15. The maximum absolute atomic E-state index is 3.65. The molecule has 96 valence electrons. The van der Waals surface area contributed by atoms with Crippen LogP contribution in [0.25, 0.3) is 10.9 Å². The van der Waals surface area contributed by atoms with Gasteiger partial charge in [0.05, 0.1) is 0 Å². The average Bonchev–Trinajstić information content (AvgIpc) is 2.75. The average molecular weight is 242 g/mol. The van der Waals surface area contributed by atoms with E-state index in [-0.39, 0.29) is 0 Å². The van der Waals surface area contributed by atoms with Crippen LogP contribution in [0.3, 0.4) is 0 Å². The summed E-state index contributed by atoms with van der Waals surface area (Å²) in [4.78, 5) is 0. The van der Waals surface area contributed by atoms with Gasteiger partial charge >= 0.3 is 0 Å². The summed E-state index contributed by atoms with van der Waals surface area (Å²) in [6.45, 7) is 4.59. The molecule has 0 spiro atoms. The molecule has 0 radical (unpaired) electrons. The summed E-state index contributed by atoms with van der Waals surface area (Å²) in [5.74, 6) is 0.941. The lowest BCUT2D eigenvalue weighted by Gasteiger charge is -2.33. The molecule has 18 heavy (non-hydrogen) atoms. The van der Waals surface area contributed by atoms with Crippen molar-refractivity contribution in [3.63, 3.8) is 0 Å². The van der Waals surface area contributed by atoms with E-state index in [1.54, 1.807) is 0 Å². The molecule has 0 unspecified atom stereocenters. The standard InChI is InChI=1S/C16H22N2/c1-13-11-15(12-13)17-8-4-9-18-10-7-14-5-2-3-6-16(14)18/h2-3,5-7,10,13,15,17H,4,8-9,11-12H2,1H3. The van der Waals surface area contributed by atoms with Crippen LogP contribution < -0.4 is 5.32 Å². The second-order valence-electron chi connectivity index (χ2n) is 5.65. The first-order valence-corrected chi connectivity index (χ1v) is 7.10. The van der Waals surface area contributed by atoms with Crippen molar-refractivity contribution in [2.75, 3.05) is 6.54 Å². The predicted octanol–water partition coefficient (Wildman–Crippen LogP) is 3.42. The summed E-state index contributed by atoms with van der Waals surface area (Å²) >= 11 is 0. The van der Waals surface area contributed by atoms with Crippen LogP contribution in [0.1, 0.15) is 26.2 Å². The summed E-state index contributed by atoms with van der Waals surface area (Å²) in [7, 11) is 0. The van der Waals surface area contributed by atoms with Gasteiger partial charge in [-0.05, 0) is 49.2 Å². The van der Waals surface area contributed by atoms with Gasteiger partial charge in [0.25, 0.3) is 0 Å². The van der Waals surface area contributed by atoms with Gasteiger partial charge in [0.1, 0.15) is 0 Å². The Morgan fingerprint density at radius 1 is 1.22 bits per heavy atom. The molecule has 0 bridgehead atoms. The van der Waals surface area contributed by atoms with Crippen molar-refractivity contribution in [3.8, 4) is 0 Å². The number of rotatable bonds is 5. The molecular weight excluding hydrogens is 220 g/mol. The van der Waals surface area contributed by atoms with Crippen LogP contribution in [0.5, 0.6) is 0 Å². The molecule has 3 rings (SSSR count). The molecule has 0 atom stereocenters. The summed E-state index contributed by atoms with van der Waals surface area (Å²) in [6.07, 6.45) is 6.15. The Morgan fingerprint density at radius 3 is 2.89 bits per heavy atom. The van der Waals surface area contributed by atoms with Crippen LogP contribution in [0.15, 0.2) is 36.5 Å². The quantitative estimate of drug-likeness (QED) is 0.795. The van der Waals surface area contributed by atoms with E-state index in [2.05, 4.69) is 53.3 Å². The van der Waals surface area contributed by atoms with Gasteiger partial charge in [-0.25, -0.2) is 0 Å². The Balaban J connectivity index is 1.48. The molecule has 0 saturated heterocycles. The highest BCUT2D eigenvalue weighted by Gasteiger charge is 2.23. The lowest BCUT2D eigenvalue weighted by molar-refractivity contribution is 0.241. The van der Waals surface area contributed by atoms with Crippen LogP contribution in [0.4, 0.5) is 0 Å². The zero-order chi connectivity index (χ0) is 12.4. The van der Waals surface area contributed by atoms with Gasteiger partial charge in [-0.15, -0.1) is 0 Å². The number of nitrogens with one attached hydrogen (secondary N) is 1. The molecule has 1 aliphatic rings. The van der Waals surface area contributed by atoms with E-state index in [9.17, 15) is 0 Å². The SMILES string of the molecule is CC1CC(NCCCn2ccc3ccccc32)C1. The van der Waals surface area contributed by atoms with Gasteiger partial charge in [-0.3, -0.25) is 0 Å². The van der Waals surface area contributed by atoms with Gasteiger partial charge in [0, 0.05) is 24.3 Å². The first-order chi connectivity index (χ1) is 8.83. The van der Waals surface area contributed by atoms with Crippen molar-refractivity contribution in [1.82, 2.24) is 9.88 Å². The molecule has 2 heteroatoms. The van der Waals surface area contributed by atoms with Crippen LogP contribution in [0.2, 0.25) is 0 Å². The highest BCUT2D eigenvalue weighted by Crippen LogP contribution is 2.26. The number of fused-ring (bicyclic) bond motifs is 1. The zero-order valence-corrected chi connectivity index (χ0v) is 11.1. The molecule has 0 aliphatic heterocycles. The number of hydrogen-bond donors (Lipinski definition) is 1. The number of benzene rings is 1. The van der Waals surface area contributed by atoms with E-state index in [4.69, 9.17) is 0 Å². The molecule has 1 heterocycles.